The lowest BCUT2D eigenvalue weighted by Gasteiger charge is -2.42. The molecule has 0 amide bonds. The summed E-state index contributed by atoms with van der Waals surface area (Å²) in [5, 5.41) is 0. The summed E-state index contributed by atoms with van der Waals surface area (Å²) in [6.45, 7) is 10.8. The van der Waals surface area contributed by atoms with E-state index in [1.807, 2.05) is 0 Å². The maximum absolute atomic E-state index is 14.2. The molecule has 3 aliphatic carbocycles. The Kier molecular flexibility index (Phi) is 5.77. The van der Waals surface area contributed by atoms with Crippen LogP contribution >= 0.6 is 0 Å². The first kappa shape index (κ1) is 24.6. The monoisotopic (exact) mass is 470 g/mol. The van der Waals surface area contributed by atoms with E-state index in [0.717, 1.165) is 6.42 Å². The fourth-order valence-electron chi connectivity index (χ4n) is 7.90. The van der Waals surface area contributed by atoms with E-state index in [0.29, 0.717) is 31.1 Å². The van der Waals surface area contributed by atoms with Crippen molar-refractivity contribution in [2.24, 2.45) is 46.3 Å². The highest BCUT2D eigenvalue weighted by Gasteiger charge is 2.77. The molecule has 2 nitrogen and oxygen atoms in total. The Hall–Kier alpha value is -0.500. The highest BCUT2D eigenvalue weighted by atomic mass is 19.4. The highest BCUT2D eigenvalue weighted by molar-refractivity contribution is 5.20. The molecule has 0 aromatic heterocycles. The van der Waals surface area contributed by atoms with Gasteiger partial charge in [-0.2, -0.15) is 26.3 Å². The zero-order valence-corrected chi connectivity index (χ0v) is 19.6. The van der Waals surface area contributed by atoms with Crippen LogP contribution < -0.4 is 0 Å². The van der Waals surface area contributed by atoms with Gasteiger partial charge >= 0.3 is 12.4 Å². The number of fused-ring (bicyclic) bond motifs is 4. The zero-order chi connectivity index (χ0) is 23.9. The first-order valence-electron chi connectivity index (χ1n) is 11.9. The molecule has 4 fully saturated rings. The summed E-state index contributed by atoms with van der Waals surface area (Å²) in [5.74, 6) is 0.258. The second kappa shape index (κ2) is 7.50. The standard InChI is InChI=1S/C24H36F6O2/c1-20(2,3)17-13-10-14(15(11-13)18-19(17)21(18,4)5)12-22(23(25,26)27,24(28,29)30)32-16-8-6-7-9-31-16/h13-19H,6-12H2,1-5H3. The molecule has 1 saturated heterocycles. The molecule has 4 rings (SSSR count). The summed E-state index contributed by atoms with van der Waals surface area (Å²) in [4.78, 5) is 0. The van der Waals surface area contributed by atoms with Crippen molar-refractivity contribution < 1.29 is 35.8 Å². The molecule has 0 aromatic carbocycles. The summed E-state index contributed by atoms with van der Waals surface area (Å²) >= 11 is 0. The molecule has 8 heteroatoms. The molecule has 2 bridgehead atoms. The van der Waals surface area contributed by atoms with Gasteiger partial charge in [0.15, 0.2) is 6.29 Å². The van der Waals surface area contributed by atoms with Crippen molar-refractivity contribution >= 4 is 0 Å². The van der Waals surface area contributed by atoms with Crippen LogP contribution in [0.15, 0.2) is 0 Å². The van der Waals surface area contributed by atoms with Crippen LogP contribution in [0.5, 0.6) is 0 Å². The average Bonchev–Trinajstić information content (AvgIpc) is 3.03. The van der Waals surface area contributed by atoms with Crippen molar-refractivity contribution in [1.82, 2.24) is 0 Å². The van der Waals surface area contributed by atoms with Crippen LogP contribution in [0.25, 0.3) is 0 Å². The van der Waals surface area contributed by atoms with E-state index in [1.54, 1.807) is 0 Å². The molecule has 0 N–H and O–H groups in total. The SMILES string of the molecule is CC(C)(C)C1C2CC(CC(OC3CCCCO3)(C(F)(F)F)C(F)(F)F)C(C2)C2C1C2(C)C. The molecular weight excluding hydrogens is 434 g/mol. The Morgan fingerprint density at radius 2 is 1.53 bits per heavy atom. The quantitative estimate of drug-likeness (QED) is 0.399. The van der Waals surface area contributed by atoms with E-state index in [4.69, 9.17) is 9.47 Å². The molecule has 1 heterocycles. The van der Waals surface area contributed by atoms with Crippen LogP contribution in [0.3, 0.4) is 0 Å². The largest absolute Gasteiger partial charge is 0.426 e. The highest BCUT2D eigenvalue weighted by Crippen LogP contribution is 2.77. The number of rotatable bonds is 4. The van der Waals surface area contributed by atoms with Gasteiger partial charge in [0.05, 0.1) is 0 Å². The molecule has 32 heavy (non-hydrogen) atoms. The van der Waals surface area contributed by atoms with Crippen molar-refractivity contribution in [3.05, 3.63) is 0 Å². The summed E-state index contributed by atoms with van der Waals surface area (Å²) < 4.78 is 95.6. The van der Waals surface area contributed by atoms with Crippen LogP contribution in [0.2, 0.25) is 0 Å². The third-order valence-corrected chi connectivity index (χ3v) is 9.07. The molecule has 7 atom stereocenters. The third-order valence-electron chi connectivity index (χ3n) is 9.07. The second-order valence-electron chi connectivity index (χ2n) is 12.4. The van der Waals surface area contributed by atoms with E-state index in [1.165, 1.54) is 0 Å². The zero-order valence-electron chi connectivity index (χ0n) is 19.6. The number of hydrogen-bond acceptors (Lipinski definition) is 2. The molecule has 1 aliphatic heterocycles. The molecule has 3 saturated carbocycles. The van der Waals surface area contributed by atoms with Crippen LogP contribution in [0, 0.1) is 46.3 Å². The van der Waals surface area contributed by atoms with Crippen molar-refractivity contribution in [3.63, 3.8) is 0 Å². The number of ether oxygens (including phenoxy) is 2. The van der Waals surface area contributed by atoms with Gasteiger partial charge in [0.2, 0.25) is 0 Å². The normalized spacial score (nSPS) is 39.7. The van der Waals surface area contributed by atoms with Gasteiger partial charge in [0.1, 0.15) is 0 Å². The molecule has 0 spiro atoms. The molecule has 0 aromatic rings. The predicted octanol–water partition coefficient (Wildman–Crippen LogP) is 7.37. The summed E-state index contributed by atoms with van der Waals surface area (Å²) in [6.07, 6.45) is -11.4. The lowest BCUT2D eigenvalue weighted by molar-refractivity contribution is -0.416. The second-order valence-corrected chi connectivity index (χ2v) is 12.4. The summed E-state index contributed by atoms with van der Waals surface area (Å²) in [6, 6.07) is 0. The Morgan fingerprint density at radius 1 is 0.906 bits per heavy atom. The van der Waals surface area contributed by atoms with E-state index in [-0.39, 0.29) is 41.6 Å². The number of hydrogen-bond donors (Lipinski definition) is 0. The topological polar surface area (TPSA) is 18.5 Å². The molecule has 7 unspecified atom stereocenters. The third kappa shape index (κ3) is 3.79. The number of halogens is 6. The van der Waals surface area contributed by atoms with Gasteiger partial charge < -0.3 is 9.47 Å². The van der Waals surface area contributed by atoms with Gasteiger partial charge in [-0.25, -0.2) is 0 Å². The lowest BCUT2D eigenvalue weighted by Crippen LogP contribution is -2.61. The molecule has 0 radical (unpaired) electrons. The van der Waals surface area contributed by atoms with Gasteiger partial charge in [0.25, 0.3) is 5.60 Å². The molecule has 186 valence electrons. The van der Waals surface area contributed by atoms with Crippen molar-refractivity contribution in [3.8, 4) is 0 Å². The van der Waals surface area contributed by atoms with E-state index in [2.05, 4.69) is 34.6 Å². The van der Waals surface area contributed by atoms with Crippen LogP contribution in [-0.4, -0.2) is 30.9 Å². The fourth-order valence-corrected chi connectivity index (χ4v) is 7.90. The lowest BCUT2D eigenvalue weighted by atomic mass is 9.66. The minimum atomic E-state index is -5.56. The fraction of sp³-hybridized carbons (Fsp3) is 1.00. The Bertz CT molecular complexity index is 687. The minimum Gasteiger partial charge on any atom is -0.353 e. The van der Waals surface area contributed by atoms with Gasteiger partial charge in [0, 0.05) is 6.61 Å². The first-order valence-corrected chi connectivity index (χ1v) is 11.9. The van der Waals surface area contributed by atoms with Gasteiger partial charge in [-0.05, 0) is 84.9 Å². The predicted molar refractivity (Wildman–Crippen MR) is 108 cm³/mol. The van der Waals surface area contributed by atoms with Crippen molar-refractivity contribution in [2.75, 3.05) is 6.61 Å². The van der Waals surface area contributed by atoms with Crippen LogP contribution in [0.4, 0.5) is 26.3 Å². The van der Waals surface area contributed by atoms with Gasteiger partial charge in [-0.1, -0.05) is 34.6 Å². The van der Waals surface area contributed by atoms with Gasteiger partial charge in [-0.15, -0.1) is 0 Å². The first-order chi connectivity index (χ1) is 14.5. The molecular formula is C24H36F6O2. The van der Waals surface area contributed by atoms with Crippen molar-refractivity contribution in [2.45, 2.75) is 97.4 Å². The van der Waals surface area contributed by atoms with Crippen molar-refractivity contribution in [1.29, 1.82) is 0 Å². The Morgan fingerprint density at radius 3 is 2.03 bits per heavy atom. The smallest absolute Gasteiger partial charge is 0.353 e. The van der Waals surface area contributed by atoms with E-state index < -0.39 is 36.6 Å². The Balaban J connectivity index is 1.66. The molecule has 4 aliphatic rings. The number of alkyl halides is 6. The van der Waals surface area contributed by atoms with Crippen LogP contribution in [0.1, 0.15) is 73.1 Å². The van der Waals surface area contributed by atoms with Gasteiger partial charge in [-0.3, -0.25) is 0 Å². The minimum absolute atomic E-state index is 0.0290. The summed E-state index contributed by atoms with van der Waals surface area (Å²) in [7, 11) is 0. The van der Waals surface area contributed by atoms with E-state index in [9.17, 15) is 26.3 Å². The van der Waals surface area contributed by atoms with E-state index >= 15 is 0 Å². The maximum atomic E-state index is 14.2. The average molecular weight is 471 g/mol. The maximum Gasteiger partial charge on any atom is 0.426 e. The van der Waals surface area contributed by atoms with Crippen LogP contribution in [-0.2, 0) is 9.47 Å². The Labute approximate surface area is 186 Å². The summed E-state index contributed by atoms with van der Waals surface area (Å²) in [5.41, 5.74) is -4.25.